The lowest BCUT2D eigenvalue weighted by atomic mass is 9.71. The molecular formula is C85H109Cl2N11O5P2. The van der Waals surface area contributed by atoms with Crippen molar-refractivity contribution in [2.24, 2.45) is 17.3 Å². The number of nitrogens with one attached hydrogen (secondary N) is 4. The second-order valence-corrected chi connectivity index (χ2v) is 38.2. The van der Waals surface area contributed by atoms with Crippen LogP contribution in [0.1, 0.15) is 138 Å². The summed E-state index contributed by atoms with van der Waals surface area (Å²) in [6.07, 6.45) is 25.1. The SMILES string of the molecule is CCc1cc(C2CCC(C)CC2)ccc1Cc1ccc(C2CC2)c(CC2=CC=CCC2C(C)(C)C)c1.COc1cc(N2CCN(C)CC2)ccc1Nc1ncc(Cl)c(Nc2ccccc2P(C)(C)=O)n1.COc1cc(OC2CCN(C)CC2)ccc1Nc1ncc(Cl)c(Nc2ccccc2P(C)(C)=O)n1. The molecule has 558 valence electrons. The molecule has 2 saturated carbocycles. The molecule has 0 spiro atoms. The summed E-state index contributed by atoms with van der Waals surface area (Å²) < 4.78 is 42.8. The van der Waals surface area contributed by atoms with Crippen LogP contribution in [0.2, 0.25) is 10.0 Å². The molecule has 4 N–H and O–H groups in total. The van der Waals surface area contributed by atoms with Gasteiger partial charge in [-0.1, -0.05) is 155 Å². The lowest BCUT2D eigenvalue weighted by Crippen LogP contribution is -2.44. The lowest BCUT2D eigenvalue weighted by molar-refractivity contribution is 0.114. The topological polar surface area (TPSA) is 171 Å². The minimum absolute atomic E-state index is 0.201. The van der Waals surface area contributed by atoms with Gasteiger partial charge in [0.2, 0.25) is 11.9 Å². The molecule has 2 aliphatic heterocycles. The molecule has 2 aromatic heterocycles. The minimum atomic E-state index is -2.50. The second-order valence-electron chi connectivity index (χ2n) is 31.0. The van der Waals surface area contributed by atoms with Crippen molar-refractivity contribution in [3.8, 4) is 17.2 Å². The van der Waals surface area contributed by atoms with E-state index in [9.17, 15) is 9.13 Å². The molecule has 3 aliphatic carbocycles. The zero-order valence-electron chi connectivity index (χ0n) is 63.9. The lowest BCUT2D eigenvalue weighted by Gasteiger charge is -2.34. The van der Waals surface area contributed by atoms with E-state index >= 15 is 0 Å². The molecule has 1 unspecified atom stereocenters. The van der Waals surface area contributed by atoms with E-state index in [1.54, 1.807) is 68.7 Å². The summed E-state index contributed by atoms with van der Waals surface area (Å²) in [7, 11) is 2.53. The molecule has 105 heavy (non-hydrogen) atoms. The van der Waals surface area contributed by atoms with Crippen LogP contribution in [0.5, 0.6) is 17.2 Å². The van der Waals surface area contributed by atoms with Crippen LogP contribution in [-0.4, -0.2) is 130 Å². The Morgan fingerprint density at radius 1 is 0.571 bits per heavy atom. The maximum absolute atomic E-state index is 12.7. The fraction of sp³-hybridized carbons (Fsp3) is 0.435. The van der Waals surface area contributed by atoms with Crippen molar-refractivity contribution in [1.82, 2.24) is 29.7 Å². The fourth-order valence-electron chi connectivity index (χ4n) is 14.7. The smallest absolute Gasteiger partial charge is 0.229 e. The zero-order valence-corrected chi connectivity index (χ0v) is 67.2. The molecule has 0 radical (unpaired) electrons. The summed E-state index contributed by atoms with van der Waals surface area (Å²) in [6, 6.07) is 41.6. The van der Waals surface area contributed by atoms with Crippen molar-refractivity contribution >= 4 is 100 Å². The summed E-state index contributed by atoms with van der Waals surface area (Å²) in [5.74, 6) is 6.75. The van der Waals surface area contributed by atoms with Crippen LogP contribution in [0.3, 0.4) is 0 Å². The Morgan fingerprint density at radius 2 is 1.13 bits per heavy atom. The number of hydrogen-bond donors (Lipinski definition) is 4. The number of rotatable bonds is 22. The van der Waals surface area contributed by atoms with E-state index in [4.69, 9.17) is 37.4 Å². The molecule has 16 nitrogen and oxygen atoms in total. The highest BCUT2D eigenvalue weighted by atomic mass is 35.5. The van der Waals surface area contributed by atoms with Gasteiger partial charge in [0.15, 0.2) is 11.6 Å². The molecule has 0 bridgehead atoms. The van der Waals surface area contributed by atoms with Gasteiger partial charge in [-0.05, 0) is 216 Å². The van der Waals surface area contributed by atoms with Gasteiger partial charge in [-0.15, -0.1) is 0 Å². The quantitative estimate of drug-likeness (QED) is 0.0472. The van der Waals surface area contributed by atoms with E-state index in [1.165, 1.54) is 68.5 Å². The Kier molecular flexibility index (Phi) is 26.4. The van der Waals surface area contributed by atoms with Crippen molar-refractivity contribution < 1.29 is 23.3 Å². The van der Waals surface area contributed by atoms with E-state index in [2.05, 4.69) is 165 Å². The number of halogens is 2. The van der Waals surface area contributed by atoms with Crippen LogP contribution < -0.4 is 51.0 Å². The standard InChI is InChI=1S/C36H48.C25H31ClN5O3P.C24H30ClN6O2P/c1-6-27-23-31(28-14-11-25(2)12-15-28)19-18-30(27)21-26-13-20-34(29-16-17-29)33(22-26)24-32-9-7-8-10-35(32)36(3,4)5;1-31-13-11-17(12-14-31)34-18-9-10-20(22(15-18)33-2)29-25-27-16-19(26)24(30-25)28-21-7-5-6-8-23(21)35(3,4)32;1-30-11-13-31(14-12-30)17-9-10-19(21(15-17)33-2)28-24-26-16-18(25)23(29-24)27-20-7-5-6-8-22(20)34(3,4)32/h7-9,13,18-20,22-23,25,28-29,35H,6,10-12,14-17,21,24H2,1-5H3;5-10,15-17H,11-14H2,1-4H3,(H2,27,28,29,30);5-10,15-16H,11-14H2,1-4H3,(H2,26,27,28,29). The summed E-state index contributed by atoms with van der Waals surface area (Å²) >= 11 is 12.7. The van der Waals surface area contributed by atoms with Crippen LogP contribution in [0.4, 0.5) is 52.0 Å². The highest BCUT2D eigenvalue weighted by Gasteiger charge is 2.32. The highest BCUT2D eigenvalue weighted by molar-refractivity contribution is 7.70. The number of piperidine rings is 1. The van der Waals surface area contributed by atoms with Crippen molar-refractivity contribution in [3.05, 3.63) is 201 Å². The van der Waals surface area contributed by atoms with Crippen molar-refractivity contribution in [2.75, 3.05) is 120 Å². The van der Waals surface area contributed by atoms with Gasteiger partial charge in [0.25, 0.3) is 0 Å². The van der Waals surface area contributed by atoms with Crippen LogP contribution in [0.15, 0.2) is 158 Å². The van der Waals surface area contributed by atoms with E-state index in [0.717, 1.165) is 117 Å². The number of anilines is 9. The van der Waals surface area contributed by atoms with Gasteiger partial charge in [0.05, 0.1) is 49.4 Å². The van der Waals surface area contributed by atoms with Gasteiger partial charge >= 0.3 is 0 Å². The number of benzene rings is 6. The Hall–Kier alpha value is -7.68. The number of hydrogen-bond acceptors (Lipinski definition) is 16. The van der Waals surface area contributed by atoms with Gasteiger partial charge in [-0.3, -0.25) is 0 Å². The average molecular weight is 1500 g/mol. The molecule has 5 aliphatic rings. The number of para-hydroxylation sites is 2. The van der Waals surface area contributed by atoms with Crippen LogP contribution in [-0.2, 0) is 28.4 Å². The van der Waals surface area contributed by atoms with Gasteiger partial charge < -0.3 is 59.3 Å². The molecule has 4 heterocycles. The third-order valence-corrected chi connectivity index (χ3v) is 24.7. The number of aromatic nitrogens is 4. The van der Waals surface area contributed by atoms with Crippen molar-refractivity contribution in [1.29, 1.82) is 0 Å². The average Bonchev–Trinajstić information content (AvgIpc) is 1.75. The summed E-state index contributed by atoms with van der Waals surface area (Å²) in [4.78, 5) is 24.7. The number of nitrogens with zero attached hydrogens (tertiary/aromatic N) is 7. The summed E-state index contributed by atoms with van der Waals surface area (Å²) in [5, 5.41) is 15.0. The molecule has 13 rings (SSSR count). The number of aryl methyl sites for hydroxylation is 1. The summed E-state index contributed by atoms with van der Waals surface area (Å²) in [5.41, 5.74) is 15.3. The molecule has 8 aromatic rings. The zero-order chi connectivity index (χ0) is 74.6. The first-order valence-electron chi connectivity index (χ1n) is 37.4. The molecular weight excluding hydrogens is 1390 g/mol. The Bertz CT molecular complexity index is 4450. The summed E-state index contributed by atoms with van der Waals surface area (Å²) in [6.45, 7) is 25.0. The Morgan fingerprint density at radius 3 is 1.70 bits per heavy atom. The van der Waals surface area contributed by atoms with E-state index in [1.807, 2.05) is 78.9 Å². The first kappa shape index (κ1) is 78.4. The predicted octanol–water partition coefficient (Wildman–Crippen LogP) is 20.1. The molecule has 0 amide bonds. The van der Waals surface area contributed by atoms with E-state index in [-0.39, 0.29) is 6.10 Å². The normalized spacial score (nSPS) is 18.2. The number of allylic oxidation sites excluding steroid dienone is 4. The largest absolute Gasteiger partial charge is 0.494 e. The molecule has 6 aromatic carbocycles. The second kappa shape index (κ2) is 35.4. The fourth-order valence-corrected chi connectivity index (χ4v) is 17.3. The first-order chi connectivity index (χ1) is 50.3. The first-order valence-corrected chi connectivity index (χ1v) is 43.4. The van der Waals surface area contributed by atoms with Crippen LogP contribution in [0, 0.1) is 17.3 Å². The highest BCUT2D eigenvalue weighted by Crippen LogP contribution is 2.46. The van der Waals surface area contributed by atoms with E-state index in [0.29, 0.717) is 73.5 Å². The number of ether oxygens (including phenoxy) is 3. The predicted molar refractivity (Wildman–Crippen MR) is 441 cm³/mol. The maximum Gasteiger partial charge on any atom is 0.229 e. The van der Waals surface area contributed by atoms with Crippen molar-refractivity contribution in [2.45, 2.75) is 130 Å². The van der Waals surface area contributed by atoms with Crippen LogP contribution in [0.25, 0.3) is 0 Å². The molecule has 4 fully saturated rings. The third-order valence-electron chi connectivity index (χ3n) is 21.1. The number of piperazine rings is 1. The van der Waals surface area contributed by atoms with Crippen LogP contribution >= 0.6 is 37.5 Å². The maximum atomic E-state index is 12.7. The monoisotopic (exact) mass is 1500 g/mol. The Labute approximate surface area is 634 Å². The van der Waals surface area contributed by atoms with Gasteiger partial charge in [-0.2, -0.15) is 9.97 Å². The third kappa shape index (κ3) is 21.4. The van der Waals surface area contributed by atoms with Gasteiger partial charge in [-0.25, -0.2) is 9.97 Å². The van der Waals surface area contributed by atoms with Crippen molar-refractivity contribution in [3.63, 3.8) is 0 Å². The Balaban J connectivity index is 0.000000158. The van der Waals surface area contributed by atoms with Gasteiger partial charge in [0, 0.05) is 67.7 Å². The molecule has 1 atom stereocenters. The van der Waals surface area contributed by atoms with Gasteiger partial charge in [0.1, 0.15) is 47.7 Å². The molecule has 20 heteroatoms. The number of likely N-dealkylation sites (N-methyl/N-ethyl adjacent to an activating group) is 1. The molecule has 2 saturated heterocycles. The number of methoxy groups -OCH3 is 2. The minimum Gasteiger partial charge on any atom is -0.494 e. The number of likely N-dealkylation sites (tertiary alicyclic amines) is 1. The van der Waals surface area contributed by atoms with E-state index < -0.39 is 14.3 Å².